The molecule has 0 radical (unpaired) electrons. The van der Waals surface area contributed by atoms with E-state index in [2.05, 4.69) is 6.92 Å². The first-order valence-corrected chi connectivity index (χ1v) is 19.6. The van der Waals surface area contributed by atoms with E-state index in [1.165, 1.54) is 6.42 Å². The van der Waals surface area contributed by atoms with Crippen molar-refractivity contribution in [3.63, 3.8) is 0 Å². The molecule has 9 nitrogen and oxygen atoms in total. The van der Waals surface area contributed by atoms with Crippen molar-refractivity contribution in [2.24, 2.45) is 63.6 Å². The lowest BCUT2D eigenvalue weighted by Crippen LogP contribution is -2.59. The standard InChI is InChI=1S/C41H64O9/c1-12-39(9,35(44)49-37(4,5)6)21-40(10,36(45)50-41(11)25-14-23-13-24(16-25)17-26(41)15-23)20-38(7,8)34(43)48-32-28-18-27(31(32)47-22(2)3)29-19-46-33(42)30(28)29/h22-32H,12-21H2,1-11H3. The molecule has 0 N–H and O–H groups in total. The van der Waals surface area contributed by atoms with Crippen LogP contribution in [0.3, 0.4) is 0 Å². The normalized spacial score (nSPS) is 39.5. The molecule has 1 heterocycles. The Labute approximate surface area is 300 Å². The zero-order valence-electron chi connectivity index (χ0n) is 32.6. The Bertz CT molecular complexity index is 1330. The smallest absolute Gasteiger partial charge is 0.312 e. The summed E-state index contributed by atoms with van der Waals surface area (Å²) in [4.78, 5) is 55.8. The third kappa shape index (κ3) is 6.64. The molecule has 1 saturated heterocycles. The van der Waals surface area contributed by atoms with Crippen LogP contribution in [0.5, 0.6) is 0 Å². The van der Waals surface area contributed by atoms with Crippen LogP contribution in [0, 0.1) is 63.6 Å². The second-order valence-electron chi connectivity index (χ2n) is 20.0. The molecule has 0 aromatic carbocycles. The molecule has 282 valence electrons. The van der Waals surface area contributed by atoms with E-state index < -0.39 is 39.5 Å². The van der Waals surface area contributed by atoms with Crippen LogP contribution in [-0.2, 0) is 42.9 Å². The predicted octanol–water partition coefficient (Wildman–Crippen LogP) is 7.46. The predicted molar refractivity (Wildman–Crippen MR) is 186 cm³/mol. The molecule has 6 saturated carbocycles. The number of fused-ring (bicyclic) bond motifs is 5. The molecular weight excluding hydrogens is 636 g/mol. The van der Waals surface area contributed by atoms with Gasteiger partial charge in [0.05, 0.1) is 41.0 Å². The van der Waals surface area contributed by atoms with Crippen molar-refractivity contribution in [3.05, 3.63) is 0 Å². The Morgan fingerprint density at radius 2 is 1.38 bits per heavy atom. The van der Waals surface area contributed by atoms with Gasteiger partial charge >= 0.3 is 23.9 Å². The van der Waals surface area contributed by atoms with Crippen LogP contribution in [0.1, 0.15) is 134 Å². The topological polar surface area (TPSA) is 114 Å². The number of carbonyl (C=O) groups excluding carboxylic acids is 4. The highest BCUT2D eigenvalue weighted by Gasteiger charge is 2.66. The van der Waals surface area contributed by atoms with Crippen LogP contribution in [-0.4, -0.2) is 60.0 Å². The molecule has 7 fully saturated rings. The number of carbonyl (C=O) groups is 4. The third-order valence-electron chi connectivity index (χ3n) is 13.9. The maximum Gasteiger partial charge on any atom is 0.312 e. The van der Waals surface area contributed by atoms with Crippen LogP contribution < -0.4 is 0 Å². The molecule has 0 aromatic rings. The second-order valence-corrected chi connectivity index (χ2v) is 20.0. The molecule has 50 heavy (non-hydrogen) atoms. The van der Waals surface area contributed by atoms with Gasteiger partial charge in [-0.3, -0.25) is 19.2 Å². The van der Waals surface area contributed by atoms with Crippen molar-refractivity contribution in [2.45, 2.75) is 163 Å². The molecule has 0 amide bonds. The first-order valence-electron chi connectivity index (χ1n) is 19.6. The summed E-state index contributed by atoms with van der Waals surface area (Å²) in [5, 5.41) is 0. The van der Waals surface area contributed by atoms with Gasteiger partial charge in [0.2, 0.25) is 0 Å². The summed E-state index contributed by atoms with van der Waals surface area (Å²) in [5.74, 6) is 0.462. The van der Waals surface area contributed by atoms with Gasteiger partial charge in [-0.1, -0.05) is 6.92 Å². The number of hydrogen-bond donors (Lipinski definition) is 0. The maximum atomic E-state index is 14.8. The molecule has 6 aliphatic carbocycles. The fraction of sp³-hybridized carbons (Fsp3) is 0.902. The number of rotatable bonds is 12. The van der Waals surface area contributed by atoms with E-state index in [0.29, 0.717) is 24.9 Å². The highest BCUT2D eigenvalue weighted by molar-refractivity contribution is 5.83. The molecular formula is C41H64O9. The van der Waals surface area contributed by atoms with Gasteiger partial charge in [-0.15, -0.1) is 0 Å². The highest BCUT2D eigenvalue weighted by Crippen LogP contribution is 2.61. The van der Waals surface area contributed by atoms with Crippen molar-refractivity contribution < 1.29 is 42.9 Å². The molecule has 9 heteroatoms. The van der Waals surface area contributed by atoms with Gasteiger partial charge in [-0.05, 0) is 157 Å². The van der Waals surface area contributed by atoms with Crippen molar-refractivity contribution in [1.82, 2.24) is 0 Å². The Morgan fingerprint density at radius 3 is 1.92 bits per heavy atom. The lowest BCUT2D eigenvalue weighted by molar-refractivity contribution is -0.216. The Kier molecular flexibility index (Phi) is 9.59. The van der Waals surface area contributed by atoms with E-state index >= 15 is 0 Å². The van der Waals surface area contributed by atoms with Crippen LogP contribution >= 0.6 is 0 Å². The maximum absolute atomic E-state index is 14.8. The average Bonchev–Trinajstić information content (AvgIpc) is 3.66. The summed E-state index contributed by atoms with van der Waals surface area (Å²) in [5.41, 5.74) is -4.58. The largest absolute Gasteiger partial charge is 0.465 e. The molecule has 6 bridgehead atoms. The Morgan fingerprint density at radius 1 is 0.780 bits per heavy atom. The van der Waals surface area contributed by atoms with E-state index in [9.17, 15) is 19.2 Å². The summed E-state index contributed by atoms with van der Waals surface area (Å²) in [6.45, 7) is 21.3. The number of hydrogen-bond acceptors (Lipinski definition) is 9. The molecule has 7 rings (SSSR count). The second kappa shape index (κ2) is 12.8. The van der Waals surface area contributed by atoms with E-state index in [-0.39, 0.29) is 66.6 Å². The number of cyclic esters (lactones) is 1. The van der Waals surface area contributed by atoms with Crippen LogP contribution in [0.4, 0.5) is 0 Å². The van der Waals surface area contributed by atoms with E-state index in [1.54, 1.807) is 0 Å². The van der Waals surface area contributed by atoms with Gasteiger partial charge in [0.1, 0.15) is 17.3 Å². The first-order chi connectivity index (χ1) is 23.1. The minimum Gasteiger partial charge on any atom is -0.465 e. The number of ether oxygens (including phenoxy) is 5. The quantitative estimate of drug-likeness (QED) is 0.151. The van der Waals surface area contributed by atoms with Gasteiger partial charge in [0.25, 0.3) is 0 Å². The summed E-state index contributed by atoms with van der Waals surface area (Å²) in [6.07, 6.45) is 6.20. The van der Waals surface area contributed by atoms with Crippen LogP contribution in [0.25, 0.3) is 0 Å². The van der Waals surface area contributed by atoms with E-state index in [4.69, 9.17) is 23.7 Å². The molecule has 0 aromatic heterocycles. The zero-order valence-corrected chi connectivity index (χ0v) is 32.6. The molecule has 1 aliphatic heterocycles. The lowest BCUT2D eigenvalue weighted by atomic mass is 9.50. The van der Waals surface area contributed by atoms with Gasteiger partial charge in [0.15, 0.2) is 0 Å². The van der Waals surface area contributed by atoms with E-state index in [1.807, 2.05) is 69.2 Å². The number of esters is 4. The summed E-state index contributed by atoms with van der Waals surface area (Å²) in [7, 11) is 0. The van der Waals surface area contributed by atoms with E-state index in [0.717, 1.165) is 43.9 Å². The third-order valence-corrected chi connectivity index (χ3v) is 13.9. The lowest BCUT2D eigenvalue weighted by Gasteiger charge is -2.59. The van der Waals surface area contributed by atoms with Crippen LogP contribution in [0.2, 0.25) is 0 Å². The van der Waals surface area contributed by atoms with Gasteiger partial charge in [-0.2, -0.15) is 0 Å². The van der Waals surface area contributed by atoms with Crippen molar-refractivity contribution >= 4 is 23.9 Å². The minimum absolute atomic E-state index is 0.0748. The summed E-state index contributed by atoms with van der Waals surface area (Å²) < 4.78 is 30.9. The first kappa shape index (κ1) is 37.6. The summed E-state index contributed by atoms with van der Waals surface area (Å²) in [6, 6.07) is 0. The minimum atomic E-state index is -1.20. The highest BCUT2D eigenvalue weighted by atomic mass is 16.6. The van der Waals surface area contributed by atoms with Gasteiger partial charge in [0, 0.05) is 11.8 Å². The monoisotopic (exact) mass is 700 g/mol. The molecule has 8 atom stereocenters. The molecule has 0 spiro atoms. The van der Waals surface area contributed by atoms with Crippen LogP contribution in [0.15, 0.2) is 0 Å². The molecule has 7 aliphatic rings. The zero-order chi connectivity index (χ0) is 36.8. The van der Waals surface area contributed by atoms with Crippen molar-refractivity contribution in [1.29, 1.82) is 0 Å². The van der Waals surface area contributed by atoms with Gasteiger partial charge in [-0.25, -0.2) is 0 Å². The summed E-state index contributed by atoms with van der Waals surface area (Å²) >= 11 is 0. The Balaban J connectivity index is 1.27. The van der Waals surface area contributed by atoms with Crippen molar-refractivity contribution in [2.75, 3.05) is 6.61 Å². The molecule has 8 unspecified atom stereocenters. The fourth-order valence-electron chi connectivity index (χ4n) is 11.7. The van der Waals surface area contributed by atoms with Gasteiger partial charge < -0.3 is 23.7 Å². The SMILES string of the molecule is CCC(C)(CC(C)(CC(C)(C)C(=O)OC1C2CC(C3COC(=O)C32)C1OC(C)C)C(=O)OC1(C)C2CC3CC(C2)CC1C3)C(=O)OC(C)(C)C. The average molecular weight is 701 g/mol. The Hall–Kier alpha value is -2.16. The fourth-order valence-corrected chi connectivity index (χ4v) is 11.7. The van der Waals surface area contributed by atoms with Crippen molar-refractivity contribution in [3.8, 4) is 0 Å².